The highest BCUT2D eigenvalue weighted by molar-refractivity contribution is 5.91. The number of aryl methyl sites for hydroxylation is 2. The lowest BCUT2D eigenvalue weighted by Crippen LogP contribution is -2.16. The van der Waals surface area contributed by atoms with Crippen molar-refractivity contribution < 1.29 is 4.79 Å². The summed E-state index contributed by atoms with van der Waals surface area (Å²) in [7, 11) is 0. The van der Waals surface area contributed by atoms with Crippen LogP contribution in [-0.2, 0) is 17.6 Å². The maximum Gasteiger partial charge on any atom is 0.147 e. The first-order chi connectivity index (χ1) is 10.6. The molecule has 0 radical (unpaired) electrons. The van der Waals surface area contributed by atoms with Gasteiger partial charge in [0, 0.05) is 11.8 Å². The molecule has 1 nitrogen and oxygen atoms in total. The molecule has 2 aromatic carbocycles. The third-order valence-corrected chi connectivity index (χ3v) is 4.63. The molecule has 2 atom stereocenters. The van der Waals surface area contributed by atoms with E-state index in [0.717, 1.165) is 24.0 Å². The summed E-state index contributed by atoms with van der Waals surface area (Å²) in [6, 6.07) is 16.9. The number of carbonyl (C=O) groups is 1. The summed E-state index contributed by atoms with van der Waals surface area (Å²) in [6.45, 7) is 8.32. The van der Waals surface area contributed by atoms with Gasteiger partial charge in [-0.25, -0.2) is 0 Å². The topological polar surface area (TPSA) is 17.1 Å². The minimum Gasteiger partial charge on any atom is -0.298 e. The van der Waals surface area contributed by atoms with Crippen LogP contribution in [0.3, 0.4) is 0 Å². The Hall–Kier alpha value is -1.89. The van der Waals surface area contributed by atoms with Crippen molar-refractivity contribution in [3.05, 3.63) is 70.8 Å². The van der Waals surface area contributed by atoms with E-state index < -0.39 is 0 Å². The summed E-state index contributed by atoms with van der Waals surface area (Å²) >= 11 is 0. The van der Waals surface area contributed by atoms with Gasteiger partial charge in [0.15, 0.2) is 0 Å². The number of Topliss-reactive ketones (excluding diaryl/α,β-unsaturated/α-hetero) is 1. The van der Waals surface area contributed by atoms with Gasteiger partial charge in [0.25, 0.3) is 0 Å². The van der Waals surface area contributed by atoms with E-state index in [9.17, 15) is 4.79 Å². The van der Waals surface area contributed by atoms with E-state index in [1.54, 1.807) is 0 Å². The van der Waals surface area contributed by atoms with Crippen LogP contribution in [0.25, 0.3) is 0 Å². The van der Waals surface area contributed by atoms with Gasteiger partial charge >= 0.3 is 0 Å². The molecule has 2 rings (SSSR count). The molecule has 0 aliphatic carbocycles. The normalized spacial score (nSPS) is 13.6. The highest BCUT2D eigenvalue weighted by atomic mass is 16.1. The maximum atomic E-state index is 12.8. The molecule has 0 amide bonds. The van der Waals surface area contributed by atoms with Crippen molar-refractivity contribution >= 4 is 5.78 Å². The quantitative estimate of drug-likeness (QED) is 0.707. The van der Waals surface area contributed by atoms with Crippen LogP contribution in [0.2, 0.25) is 0 Å². The summed E-state index contributed by atoms with van der Waals surface area (Å²) in [5, 5.41) is 0. The fourth-order valence-electron chi connectivity index (χ4n) is 2.79. The SMILES string of the molecule is CCc1ccc(C(C)C(=O)C(C)c2ccc(CC)cc2)cc1. The average molecular weight is 294 g/mol. The number of benzene rings is 2. The van der Waals surface area contributed by atoms with Crippen LogP contribution in [0.1, 0.15) is 61.8 Å². The molecule has 0 aliphatic rings. The van der Waals surface area contributed by atoms with E-state index in [4.69, 9.17) is 0 Å². The van der Waals surface area contributed by atoms with Crippen LogP contribution in [0.15, 0.2) is 48.5 Å². The predicted octanol–water partition coefficient (Wildman–Crippen LogP) is 5.29. The van der Waals surface area contributed by atoms with Crippen LogP contribution in [0.5, 0.6) is 0 Å². The lowest BCUT2D eigenvalue weighted by molar-refractivity contribution is -0.121. The highest BCUT2D eigenvalue weighted by Crippen LogP contribution is 2.26. The van der Waals surface area contributed by atoms with Gasteiger partial charge in [0.2, 0.25) is 0 Å². The van der Waals surface area contributed by atoms with Crippen molar-refractivity contribution in [2.75, 3.05) is 0 Å². The smallest absolute Gasteiger partial charge is 0.147 e. The monoisotopic (exact) mass is 294 g/mol. The second-order valence-corrected chi connectivity index (χ2v) is 6.04. The third-order valence-electron chi connectivity index (χ3n) is 4.63. The van der Waals surface area contributed by atoms with Crippen molar-refractivity contribution in [3.8, 4) is 0 Å². The summed E-state index contributed by atoms with van der Waals surface area (Å²) in [4.78, 5) is 12.8. The first kappa shape index (κ1) is 16.5. The molecule has 0 saturated carbocycles. The van der Waals surface area contributed by atoms with Gasteiger partial charge in [-0.05, 0) is 35.1 Å². The Labute approximate surface area is 134 Å². The van der Waals surface area contributed by atoms with Gasteiger partial charge in [-0.3, -0.25) is 4.79 Å². The maximum absolute atomic E-state index is 12.8. The zero-order valence-corrected chi connectivity index (χ0v) is 14.1. The van der Waals surface area contributed by atoms with Gasteiger partial charge in [-0.15, -0.1) is 0 Å². The summed E-state index contributed by atoms with van der Waals surface area (Å²) in [6.07, 6.45) is 2.06. The summed E-state index contributed by atoms with van der Waals surface area (Å²) < 4.78 is 0. The van der Waals surface area contributed by atoms with E-state index in [1.807, 2.05) is 13.8 Å². The number of carbonyl (C=O) groups excluding carboxylic acids is 1. The van der Waals surface area contributed by atoms with Crippen LogP contribution >= 0.6 is 0 Å². The minimum absolute atomic E-state index is 0.0632. The third kappa shape index (κ3) is 3.65. The molecule has 1 heteroatoms. The Morgan fingerprint density at radius 1 is 0.727 bits per heavy atom. The van der Waals surface area contributed by atoms with Crippen molar-refractivity contribution in [2.24, 2.45) is 0 Å². The van der Waals surface area contributed by atoms with Crippen molar-refractivity contribution in [3.63, 3.8) is 0 Å². The van der Waals surface area contributed by atoms with E-state index in [2.05, 4.69) is 62.4 Å². The molecule has 0 aliphatic heterocycles. The molecule has 0 bridgehead atoms. The van der Waals surface area contributed by atoms with E-state index in [-0.39, 0.29) is 17.6 Å². The largest absolute Gasteiger partial charge is 0.298 e. The van der Waals surface area contributed by atoms with Crippen molar-refractivity contribution in [1.29, 1.82) is 0 Å². The Morgan fingerprint density at radius 2 is 1.05 bits per heavy atom. The van der Waals surface area contributed by atoms with Crippen LogP contribution in [0, 0.1) is 0 Å². The molecular weight excluding hydrogens is 268 g/mol. The Kier molecular flexibility index (Phi) is 5.54. The van der Waals surface area contributed by atoms with E-state index in [1.165, 1.54) is 11.1 Å². The van der Waals surface area contributed by atoms with Gasteiger partial charge < -0.3 is 0 Å². The fraction of sp³-hybridized carbons (Fsp3) is 0.381. The standard InChI is InChI=1S/C21H26O/c1-5-17-7-11-19(12-8-17)15(3)21(22)16(4)20-13-9-18(6-2)10-14-20/h7-16H,5-6H2,1-4H3. The fourth-order valence-corrected chi connectivity index (χ4v) is 2.79. The van der Waals surface area contributed by atoms with Crippen molar-refractivity contribution in [2.45, 2.75) is 52.4 Å². The van der Waals surface area contributed by atoms with Gasteiger partial charge in [-0.2, -0.15) is 0 Å². The van der Waals surface area contributed by atoms with E-state index >= 15 is 0 Å². The molecule has 0 spiro atoms. The van der Waals surface area contributed by atoms with Gasteiger partial charge in [-0.1, -0.05) is 76.2 Å². The van der Waals surface area contributed by atoms with E-state index in [0.29, 0.717) is 0 Å². The first-order valence-corrected chi connectivity index (χ1v) is 8.28. The van der Waals surface area contributed by atoms with Crippen LogP contribution < -0.4 is 0 Å². The Balaban J connectivity index is 2.13. The molecule has 0 fully saturated rings. The second-order valence-electron chi connectivity index (χ2n) is 6.04. The number of rotatable bonds is 6. The Morgan fingerprint density at radius 3 is 1.32 bits per heavy atom. The molecule has 0 saturated heterocycles. The molecule has 116 valence electrons. The lowest BCUT2D eigenvalue weighted by Gasteiger charge is -2.17. The second kappa shape index (κ2) is 7.40. The molecule has 2 aromatic rings. The highest BCUT2D eigenvalue weighted by Gasteiger charge is 2.22. The molecule has 0 N–H and O–H groups in total. The minimum atomic E-state index is -0.0632. The van der Waals surface area contributed by atoms with Crippen LogP contribution in [0.4, 0.5) is 0 Å². The molecule has 0 heterocycles. The predicted molar refractivity (Wildman–Crippen MR) is 93.5 cm³/mol. The number of ketones is 1. The molecular formula is C21H26O. The lowest BCUT2D eigenvalue weighted by atomic mass is 9.85. The molecule has 22 heavy (non-hydrogen) atoms. The van der Waals surface area contributed by atoms with Crippen molar-refractivity contribution in [1.82, 2.24) is 0 Å². The number of hydrogen-bond acceptors (Lipinski definition) is 1. The molecule has 0 aromatic heterocycles. The van der Waals surface area contributed by atoms with Crippen LogP contribution in [-0.4, -0.2) is 5.78 Å². The summed E-state index contributed by atoms with van der Waals surface area (Å²) in [5.74, 6) is 0.159. The Bertz CT molecular complexity index is 552. The zero-order chi connectivity index (χ0) is 16.1. The number of hydrogen-bond donors (Lipinski definition) is 0. The van der Waals surface area contributed by atoms with Gasteiger partial charge in [0.1, 0.15) is 5.78 Å². The zero-order valence-electron chi connectivity index (χ0n) is 14.1. The summed E-state index contributed by atoms with van der Waals surface area (Å²) in [5.41, 5.74) is 4.84. The molecule has 2 unspecified atom stereocenters. The van der Waals surface area contributed by atoms with Gasteiger partial charge in [0.05, 0.1) is 0 Å². The average Bonchev–Trinajstić information content (AvgIpc) is 2.60. The first-order valence-electron chi connectivity index (χ1n) is 8.28.